The van der Waals surface area contributed by atoms with Gasteiger partial charge in [-0.15, -0.1) is 0 Å². The van der Waals surface area contributed by atoms with E-state index in [9.17, 15) is 18.0 Å². The Kier molecular flexibility index (Phi) is 2.20. The van der Waals surface area contributed by atoms with E-state index >= 15 is 0 Å². The lowest BCUT2D eigenvalue weighted by Gasteiger charge is -2.17. The maximum absolute atomic E-state index is 11.6. The number of carboxylic acid groups (broad SMARTS) is 1. The number of anilines is 1. The summed E-state index contributed by atoms with van der Waals surface area (Å²) in [6.45, 7) is -0.290. The molecule has 7 heteroatoms. The van der Waals surface area contributed by atoms with Gasteiger partial charge in [-0.3, -0.25) is 4.79 Å². The Morgan fingerprint density at radius 3 is 2.69 bits per heavy atom. The van der Waals surface area contributed by atoms with Gasteiger partial charge >= 0.3 is 5.97 Å². The van der Waals surface area contributed by atoms with E-state index in [1.165, 1.54) is 12.1 Å². The number of carboxylic acids is 1. The van der Waals surface area contributed by atoms with Crippen LogP contribution in [0.5, 0.6) is 0 Å². The van der Waals surface area contributed by atoms with Gasteiger partial charge in [0.1, 0.15) is 0 Å². The fraction of sp³-hybridized carbons (Fsp3) is 0.111. The molecular formula is C9H7NO5S. The molecule has 1 aliphatic heterocycles. The summed E-state index contributed by atoms with van der Waals surface area (Å²) in [5.74, 6) is -1.24. The van der Waals surface area contributed by atoms with E-state index in [0.29, 0.717) is 0 Å². The normalized spacial score (nSPS) is 17.4. The lowest BCUT2D eigenvalue weighted by Crippen LogP contribution is -2.29. The van der Waals surface area contributed by atoms with E-state index < -0.39 is 20.9 Å². The molecule has 0 bridgehead atoms. The Morgan fingerprint density at radius 2 is 2.06 bits per heavy atom. The Bertz CT molecular complexity index is 590. The second kappa shape index (κ2) is 3.31. The van der Waals surface area contributed by atoms with Crippen molar-refractivity contribution in [3.63, 3.8) is 0 Å². The predicted molar refractivity (Wildman–Crippen MR) is 54.1 cm³/mol. The number of carbonyl (C=O) groups is 2. The molecule has 2 rings (SSSR count). The zero-order valence-electron chi connectivity index (χ0n) is 7.93. The van der Waals surface area contributed by atoms with Gasteiger partial charge in [-0.05, 0) is 18.2 Å². The summed E-state index contributed by atoms with van der Waals surface area (Å²) < 4.78 is 23.2. The average Bonchev–Trinajstić information content (AvgIpc) is 2.23. The van der Waals surface area contributed by atoms with Crippen LogP contribution in [0.4, 0.5) is 5.69 Å². The third kappa shape index (κ3) is 1.45. The number of hydrogen-bond acceptors (Lipinski definition) is 5. The van der Waals surface area contributed by atoms with Gasteiger partial charge in [0.05, 0.1) is 22.7 Å². The number of nitrogens with one attached hydrogen (secondary N) is 1. The monoisotopic (exact) mass is 241 g/mol. The van der Waals surface area contributed by atoms with Crippen LogP contribution < -0.4 is 5.32 Å². The predicted octanol–water partition coefficient (Wildman–Crippen LogP) is 0.111. The minimum absolute atomic E-state index is 0.168. The van der Waals surface area contributed by atoms with Crippen molar-refractivity contribution in [2.45, 2.75) is 4.90 Å². The highest BCUT2D eigenvalue weighted by atomic mass is 32.2. The first-order valence-electron chi connectivity index (χ1n) is 4.32. The van der Waals surface area contributed by atoms with E-state index in [-0.39, 0.29) is 22.7 Å². The number of benzene rings is 1. The Hall–Kier alpha value is -1.89. The molecule has 1 aromatic rings. The molecule has 0 radical (unpaired) electrons. The summed E-state index contributed by atoms with van der Waals surface area (Å²) in [6, 6.07) is 3.60. The maximum atomic E-state index is 11.6. The average molecular weight is 241 g/mol. The Labute approximate surface area is 90.8 Å². The van der Waals surface area contributed by atoms with Crippen molar-refractivity contribution in [1.29, 1.82) is 0 Å². The maximum Gasteiger partial charge on any atom is 0.335 e. The fourth-order valence-electron chi connectivity index (χ4n) is 1.41. The minimum atomic E-state index is -4.04. The van der Waals surface area contributed by atoms with Gasteiger partial charge < -0.3 is 10.4 Å². The van der Waals surface area contributed by atoms with Crippen LogP contribution >= 0.6 is 0 Å². The number of sulfone groups is 1. The largest absolute Gasteiger partial charge is 0.478 e. The smallest absolute Gasteiger partial charge is 0.335 e. The molecule has 0 saturated heterocycles. The second-order valence-electron chi connectivity index (χ2n) is 3.25. The lowest BCUT2D eigenvalue weighted by molar-refractivity contribution is -0.110. The van der Waals surface area contributed by atoms with Gasteiger partial charge in [0.25, 0.3) is 5.12 Å². The van der Waals surface area contributed by atoms with Crippen molar-refractivity contribution in [2.24, 2.45) is 0 Å². The molecule has 0 fully saturated rings. The molecule has 1 heterocycles. The standard InChI is InChI=1S/C9H7NO5S/c11-8-4-10-6-2-1-5(9(12)13)3-7(6)16(8,14)15/h1-3,10H,4H2,(H,12,13). The van der Waals surface area contributed by atoms with Crippen LogP contribution in [0.1, 0.15) is 10.4 Å². The van der Waals surface area contributed by atoms with Crippen LogP contribution in [0.15, 0.2) is 23.1 Å². The molecule has 16 heavy (non-hydrogen) atoms. The number of fused-ring (bicyclic) bond motifs is 1. The first kappa shape index (κ1) is 10.6. The Morgan fingerprint density at radius 1 is 1.38 bits per heavy atom. The van der Waals surface area contributed by atoms with Crippen LogP contribution in [0, 0.1) is 0 Å². The van der Waals surface area contributed by atoms with Gasteiger partial charge in [0.15, 0.2) is 0 Å². The van der Waals surface area contributed by atoms with Gasteiger partial charge in [-0.1, -0.05) is 0 Å². The van der Waals surface area contributed by atoms with Crippen molar-refractivity contribution in [2.75, 3.05) is 11.9 Å². The highest BCUT2D eigenvalue weighted by molar-refractivity contribution is 8.06. The SMILES string of the molecule is O=C(O)c1ccc2c(c1)S(=O)(=O)C(=O)CN2. The van der Waals surface area contributed by atoms with Crippen molar-refractivity contribution in [1.82, 2.24) is 0 Å². The minimum Gasteiger partial charge on any atom is -0.478 e. The second-order valence-corrected chi connectivity index (χ2v) is 5.15. The summed E-state index contributed by atoms with van der Waals surface area (Å²) in [5.41, 5.74) is 0.0865. The molecule has 1 aromatic carbocycles. The highest BCUT2D eigenvalue weighted by Gasteiger charge is 2.32. The van der Waals surface area contributed by atoms with E-state index in [1.54, 1.807) is 0 Å². The van der Waals surface area contributed by atoms with E-state index in [0.717, 1.165) is 6.07 Å². The van der Waals surface area contributed by atoms with Crippen LogP contribution in [-0.2, 0) is 14.6 Å². The fourth-order valence-corrected chi connectivity index (χ4v) is 2.63. The summed E-state index contributed by atoms with van der Waals surface area (Å²) in [7, 11) is -4.04. The zero-order chi connectivity index (χ0) is 11.9. The third-order valence-electron chi connectivity index (χ3n) is 2.24. The van der Waals surface area contributed by atoms with E-state index in [2.05, 4.69) is 5.32 Å². The molecular weight excluding hydrogens is 234 g/mol. The molecule has 0 saturated carbocycles. The lowest BCUT2D eigenvalue weighted by atomic mass is 10.2. The summed E-state index contributed by atoms with van der Waals surface area (Å²) in [5, 5.41) is 10.4. The quantitative estimate of drug-likeness (QED) is 0.723. The number of rotatable bonds is 1. The number of carbonyl (C=O) groups excluding carboxylic acids is 1. The number of aromatic carboxylic acids is 1. The molecule has 0 aliphatic carbocycles. The van der Waals surface area contributed by atoms with Crippen molar-refractivity contribution >= 4 is 26.6 Å². The molecule has 1 aliphatic rings. The van der Waals surface area contributed by atoms with E-state index in [1.807, 2.05) is 0 Å². The summed E-state index contributed by atoms with van der Waals surface area (Å²) in [6.07, 6.45) is 0. The first-order valence-corrected chi connectivity index (χ1v) is 5.80. The molecule has 0 atom stereocenters. The van der Waals surface area contributed by atoms with Crippen LogP contribution in [0.3, 0.4) is 0 Å². The molecule has 0 aromatic heterocycles. The van der Waals surface area contributed by atoms with Gasteiger partial charge in [0, 0.05) is 0 Å². The van der Waals surface area contributed by atoms with Crippen LogP contribution in [0.25, 0.3) is 0 Å². The molecule has 0 unspecified atom stereocenters. The zero-order valence-corrected chi connectivity index (χ0v) is 8.74. The molecule has 0 amide bonds. The molecule has 6 nitrogen and oxygen atoms in total. The van der Waals surface area contributed by atoms with Crippen molar-refractivity contribution < 1.29 is 23.1 Å². The summed E-state index contributed by atoms with van der Waals surface area (Å²) in [4.78, 5) is 21.6. The van der Waals surface area contributed by atoms with Crippen molar-refractivity contribution in [3.8, 4) is 0 Å². The van der Waals surface area contributed by atoms with Gasteiger partial charge in [-0.25, -0.2) is 13.2 Å². The molecule has 2 N–H and O–H groups in total. The highest BCUT2D eigenvalue weighted by Crippen LogP contribution is 2.27. The Balaban J connectivity index is 2.69. The first-order chi connectivity index (χ1) is 7.43. The van der Waals surface area contributed by atoms with Gasteiger partial charge in [0.2, 0.25) is 9.84 Å². The molecule has 84 valence electrons. The van der Waals surface area contributed by atoms with Crippen molar-refractivity contribution in [3.05, 3.63) is 23.8 Å². The number of hydrogen-bond donors (Lipinski definition) is 2. The topological polar surface area (TPSA) is 101 Å². The summed E-state index contributed by atoms with van der Waals surface area (Å²) >= 11 is 0. The van der Waals surface area contributed by atoms with Crippen LogP contribution in [0.2, 0.25) is 0 Å². The van der Waals surface area contributed by atoms with E-state index in [4.69, 9.17) is 5.11 Å². The van der Waals surface area contributed by atoms with Gasteiger partial charge in [-0.2, -0.15) is 0 Å². The molecule has 0 spiro atoms. The van der Waals surface area contributed by atoms with Crippen LogP contribution in [-0.4, -0.2) is 31.2 Å². The third-order valence-corrected chi connectivity index (χ3v) is 3.90.